The van der Waals surface area contributed by atoms with E-state index in [1.807, 2.05) is 31.2 Å². The summed E-state index contributed by atoms with van der Waals surface area (Å²) in [5, 5.41) is 11.4. The highest BCUT2D eigenvalue weighted by Gasteiger charge is 2.07. The van der Waals surface area contributed by atoms with Gasteiger partial charge in [0, 0.05) is 6.42 Å². The number of aromatic carboxylic acids is 1. The summed E-state index contributed by atoms with van der Waals surface area (Å²) in [6.07, 6.45) is 2.37. The first-order chi connectivity index (χ1) is 10.1. The van der Waals surface area contributed by atoms with E-state index in [2.05, 4.69) is 10.3 Å². The van der Waals surface area contributed by atoms with Gasteiger partial charge in [0.15, 0.2) is 0 Å². The molecule has 1 aromatic carbocycles. The molecule has 0 saturated heterocycles. The van der Waals surface area contributed by atoms with Crippen molar-refractivity contribution in [2.24, 2.45) is 0 Å². The van der Waals surface area contributed by atoms with E-state index in [1.165, 1.54) is 18.3 Å². The van der Waals surface area contributed by atoms with Crippen LogP contribution >= 0.6 is 0 Å². The number of aromatic nitrogens is 1. The van der Waals surface area contributed by atoms with Crippen molar-refractivity contribution in [2.75, 3.05) is 5.32 Å². The summed E-state index contributed by atoms with van der Waals surface area (Å²) in [6, 6.07) is 10.8. The second kappa shape index (κ2) is 6.65. The highest BCUT2D eigenvalue weighted by atomic mass is 16.4. The fraction of sp³-hybridized carbons (Fsp3) is 0.188. The van der Waals surface area contributed by atoms with Crippen molar-refractivity contribution < 1.29 is 14.7 Å². The Kier molecular flexibility index (Phi) is 4.66. The van der Waals surface area contributed by atoms with Crippen LogP contribution in [0.3, 0.4) is 0 Å². The smallest absolute Gasteiger partial charge is 0.354 e. The highest BCUT2D eigenvalue weighted by Crippen LogP contribution is 2.11. The predicted octanol–water partition coefficient (Wildman–Crippen LogP) is 2.66. The molecule has 108 valence electrons. The quantitative estimate of drug-likeness (QED) is 0.884. The zero-order chi connectivity index (χ0) is 15.2. The number of pyridine rings is 1. The molecule has 0 bridgehead atoms. The van der Waals surface area contributed by atoms with Crippen molar-refractivity contribution in [3.63, 3.8) is 0 Å². The van der Waals surface area contributed by atoms with Crippen molar-refractivity contribution in [1.29, 1.82) is 0 Å². The Bertz CT molecular complexity index is 651. The maximum atomic E-state index is 11.9. The molecular weight excluding hydrogens is 268 g/mol. The molecule has 0 fully saturated rings. The van der Waals surface area contributed by atoms with Gasteiger partial charge in [0.1, 0.15) is 5.69 Å². The number of nitrogens with one attached hydrogen (secondary N) is 1. The van der Waals surface area contributed by atoms with Crippen LogP contribution in [-0.4, -0.2) is 22.0 Å². The third kappa shape index (κ3) is 4.14. The summed E-state index contributed by atoms with van der Waals surface area (Å²) < 4.78 is 0. The monoisotopic (exact) mass is 284 g/mol. The number of carbonyl (C=O) groups is 2. The standard InChI is InChI=1S/C16H16N2O3/c1-11-4-2-3-5-12(11)6-9-15(19)18-13-7-8-14(16(20)21)17-10-13/h2-5,7-8,10H,6,9H2,1H3,(H,18,19)(H,20,21). The Hall–Kier alpha value is -2.69. The summed E-state index contributed by atoms with van der Waals surface area (Å²) in [4.78, 5) is 26.3. The summed E-state index contributed by atoms with van der Waals surface area (Å²) >= 11 is 0. The minimum atomic E-state index is -1.09. The lowest BCUT2D eigenvalue weighted by molar-refractivity contribution is -0.116. The van der Waals surface area contributed by atoms with Crippen molar-refractivity contribution >= 4 is 17.6 Å². The first kappa shape index (κ1) is 14.7. The first-order valence-electron chi connectivity index (χ1n) is 6.60. The van der Waals surface area contributed by atoms with Gasteiger partial charge in [-0.1, -0.05) is 24.3 Å². The summed E-state index contributed by atoms with van der Waals surface area (Å²) in [5.74, 6) is -1.21. The van der Waals surface area contributed by atoms with E-state index in [0.29, 0.717) is 18.5 Å². The van der Waals surface area contributed by atoms with E-state index in [-0.39, 0.29) is 11.6 Å². The van der Waals surface area contributed by atoms with E-state index in [1.54, 1.807) is 0 Å². The average Bonchev–Trinajstić information content (AvgIpc) is 2.47. The number of rotatable bonds is 5. The number of carboxylic acids is 1. The molecule has 1 heterocycles. The van der Waals surface area contributed by atoms with Crippen LogP contribution in [0.25, 0.3) is 0 Å². The number of amides is 1. The number of hydrogen-bond acceptors (Lipinski definition) is 3. The Morgan fingerprint density at radius 1 is 1.19 bits per heavy atom. The molecule has 0 atom stereocenters. The Morgan fingerprint density at radius 2 is 1.95 bits per heavy atom. The number of carboxylic acid groups (broad SMARTS) is 1. The maximum Gasteiger partial charge on any atom is 0.354 e. The van der Waals surface area contributed by atoms with Crippen LogP contribution in [0.5, 0.6) is 0 Å². The van der Waals surface area contributed by atoms with Gasteiger partial charge in [0.25, 0.3) is 0 Å². The second-order valence-corrected chi connectivity index (χ2v) is 4.71. The third-order valence-corrected chi connectivity index (χ3v) is 3.15. The first-order valence-corrected chi connectivity index (χ1v) is 6.60. The van der Waals surface area contributed by atoms with Crippen LogP contribution < -0.4 is 5.32 Å². The molecule has 0 aliphatic heterocycles. The lowest BCUT2D eigenvalue weighted by Crippen LogP contribution is -2.13. The average molecular weight is 284 g/mol. The molecule has 5 heteroatoms. The van der Waals surface area contributed by atoms with Gasteiger partial charge in [-0.3, -0.25) is 4.79 Å². The molecule has 0 spiro atoms. The molecular formula is C16H16N2O3. The number of hydrogen-bond donors (Lipinski definition) is 2. The summed E-state index contributed by atoms with van der Waals surface area (Å²) in [6.45, 7) is 2.02. The number of carbonyl (C=O) groups excluding carboxylic acids is 1. The molecule has 0 aliphatic rings. The lowest BCUT2D eigenvalue weighted by Gasteiger charge is -2.07. The van der Waals surface area contributed by atoms with Gasteiger partial charge in [-0.25, -0.2) is 9.78 Å². The number of aryl methyl sites for hydroxylation is 2. The molecule has 0 saturated carbocycles. The maximum absolute atomic E-state index is 11.9. The van der Waals surface area contributed by atoms with Gasteiger partial charge >= 0.3 is 5.97 Å². The van der Waals surface area contributed by atoms with Gasteiger partial charge in [0.2, 0.25) is 5.91 Å². The molecule has 0 unspecified atom stereocenters. The summed E-state index contributed by atoms with van der Waals surface area (Å²) in [7, 11) is 0. The van der Waals surface area contributed by atoms with Crippen molar-refractivity contribution in [2.45, 2.75) is 19.8 Å². The van der Waals surface area contributed by atoms with E-state index in [4.69, 9.17) is 5.11 Å². The predicted molar refractivity (Wildman–Crippen MR) is 79.3 cm³/mol. The molecule has 0 aliphatic carbocycles. The number of nitrogens with zero attached hydrogens (tertiary/aromatic N) is 1. The van der Waals surface area contributed by atoms with Gasteiger partial charge in [-0.05, 0) is 36.6 Å². The number of anilines is 1. The highest BCUT2D eigenvalue weighted by molar-refractivity contribution is 5.91. The molecule has 1 aromatic heterocycles. The molecule has 2 aromatic rings. The molecule has 5 nitrogen and oxygen atoms in total. The number of benzene rings is 1. The topological polar surface area (TPSA) is 79.3 Å². The zero-order valence-corrected chi connectivity index (χ0v) is 11.7. The van der Waals surface area contributed by atoms with Crippen molar-refractivity contribution in [3.8, 4) is 0 Å². The molecule has 2 rings (SSSR count). The molecule has 2 N–H and O–H groups in total. The molecule has 1 amide bonds. The van der Waals surface area contributed by atoms with Crippen LogP contribution in [0.15, 0.2) is 42.6 Å². The van der Waals surface area contributed by atoms with Gasteiger partial charge < -0.3 is 10.4 Å². The van der Waals surface area contributed by atoms with Crippen LogP contribution in [0.4, 0.5) is 5.69 Å². The molecule has 21 heavy (non-hydrogen) atoms. The van der Waals surface area contributed by atoms with Gasteiger partial charge in [-0.15, -0.1) is 0 Å². The Labute approximate surface area is 122 Å². The van der Waals surface area contributed by atoms with Crippen LogP contribution in [0, 0.1) is 6.92 Å². The Morgan fingerprint density at radius 3 is 2.57 bits per heavy atom. The fourth-order valence-corrected chi connectivity index (χ4v) is 1.96. The third-order valence-electron chi connectivity index (χ3n) is 3.15. The van der Waals surface area contributed by atoms with Crippen LogP contribution in [-0.2, 0) is 11.2 Å². The zero-order valence-electron chi connectivity index (χ0n) is 11.7. The largest absolute Gasteiger partial charge is 0.477 e. The Balaban J connectivity index is 1.90. The van der Waals surface area contributed by atoms with Gasteiger partial charge in [-0.2, -0.15) is 0 Å². The minimum absolute atomic E-state index is 0.0482. The van der Waals surface area contributed by atoms with E-state index in [9.17, 15) is 9.59 Å². The molecule has 0 radical (unpaired) electrons. The lowest BCUT2D eigenvalue weighted by atomic mass is 10.0. The van der Waals surface area contributed by atoms with Crippen LogP contribution in [0.1, 0.15) is 28.0 Å². The fourth-order valence-electron chi connectivity index (χ4n) is 1.96. The second-order valence-electron chi connectivity index (χ2n) is 4.71. The van der Waals surface area contributed by atoms with Crippen molar-refractivity contribution in [1.82, 2.24) is 4.98 Å². The minimum Gasteiger partial charge on any atom is -0.477 e. The van der Waals surface area contributed by atoms with Gasteiger partial charge in [0.05, 0.1) is 11.9 Å². The normalized spacial score (nSPS) is 10.1. The van der Waals surface area contributed by atoms with E-state index < -0.39 is 5.97 Å². The SMILES string of the molecule is Cc1ccccc1CCC(=O)Nc1ccc(C(=O)O)nc1. The summed E-state index contributed by atoms with van der Waals surface area (Å²) in [5.41, 5.74) is 2.76. The van der Waals surface area contributed by atoms with E-state index >= 15 is 0 Å². The van der Waals surface area contributed by atoms with Crippen LogP contribution in [0.2, 0.25) is 0 Å². The van der Waals surface area contributed by atoms with Crippen molar-refractivity contribution in [3.05, 3.63) is 59.4 Å². The van der Waals surface area contributed by atoms with E-state index in [0.717, 1.165) is 11.1 Å².